The van der Waals surface area contributed by atoms with Crippen LogP contribution in [0.5, 0.6) is 5.88 Å². The van der Waals surface area contributed by atoms with Gasteiger partial charge in [0.25, 0.3) is 0 Å². The van der Waals surface area contributed by atoms with Gasteiger partial charge in [-0.1, -0.05) is 0 Å². The van der Waals surface area contributed by atoms with E-state index in [2.05, 4.69) is 29.8 Å². The zero-order chi connectivity index (χ0) is 21.5. The summed E-state index contributed by atoms with van der Waals surface area (Å²) in [5, 5.41) is 3.40. The molecule has 0 radical (unpaired) electrons. The minimum absolute atomic E-state index is 0.251. The van der Waals surface area contributed by atoms with Crippen molar-refractivity contribution in [2.75, 3.05) is 20.2 Å². The lowest BCUT2D eigenvalue weighted by atomic mass is 10.0. The predicted molar refractivity (Wildman–Crippen MR) is 117 cm³/mol. The number of benzene rings is 1. The van der Waals surface area contributed by atoms with Gasteiger partial charge in [-0.05, 0) is 56.3 Å². The lowest BCUT2D eigenvalue weighted by Crippen LogP contribution is -2.29. The van der Waals surface area contributed by atoms with Gasteiger partial charge in [0.05, 0.1) is 31.2 Å². The van der Waals surface area contributed by atoms with Crippen LogP contribution in [0.1, 0.15) is 18.9 Å². The van der Waals surface area contributed by atoms with Crippen LogP contribution in [0.3, 0.4) is 0 Å². The molecule has 0 spiro atoms. The molecule has 160 valence electrons. The summed E-state index contributed by atoms with van der Waals surface area (Å²) in [5.74, 6) is 0.310. The van der Waals surface area contributed by atoms with Crippen LogP contribution in [0.2, 0.25) is 0 Å². The minimum atomic E-state index is -0.251. The van der Waals surface area contributed by atoms with E-state index in [1.54, 1.807) is 44.2 Å². The summed E-state index contributed by atoms with van der Waals surface area (Å²) < 4.78 is 20.9. The number of H-pyrrole nitrogens is 1. The highest BCUT2D eigenvalue weighted by atomic mass is 19.1. The fraction of sp³-hybridized carbons (Fsp3) is 0.261. The van der Waals surface area contributed by atoms with E-state index in [0.29, 0.717) is 11.9 Å². The number of hydrogen-bond acceptors (Lipinski definition) is 5. The number of aromatic amines is 1. The number of piperidine rings is 1. The molecular weight excluding hydrogens is 395 g/mol. The van der Waals surface area contributed by atoms with Gasteiger partial charge >= 0.3 is 0 Å². The summed E-state index contributed by atoms with van der Waals surface area (Å²) in [6.07, 6.45) is 10.8. The van der Waals surface area contributed by atoms with E-state index < -0.39 is 0 Å². The first-order valence-electron chi connectivity index (χ1n) is 10.2. The number of nitrogens with one attached hydrogen (secondary N) is 2. The molecule has 1 saturated heterocycles. The fourth-order valence-corrected chi connectivity index (χ4v) is 3.71. The van der Waals surface area contributed by atoms with Crippen molar-refractivity contribution in [3.63, 3.8) is 0 Å². The van der Waals surface area contributed by atoms with Crippen molar-refractivity contribution >= 4 is 0 Å². The predicted octanol–water partition coefficient (Wildman–Crippen LogP) is 4.09. The quantitative estimate of drug-likeness (QED) is 0.520. The number of nitrogens with zero attached hydrogens (tertiary/aromatic N) is 4. The normalized spacial score (nSPS) is 14.0. The molecule has 4 heterocycles. The minimum Gasteiger partial charge on any atom is -0.481 e. The Bertz CT molecular complexity index is 1050. The Morgan fingerprint density at radius 3 is 2.48 bits per heavy atom. The third kappa shape index (κ3) is 4.97. The van der Waals surface area contributed by atoms with Crippen LogP contribution >= 0.6 is 0 Å². The molecular formula is C23H25FN6O. The van der Waals surface area contributed by atoms with Gasteiger partial charge in [0, 0.05) is 41.8 Å². The monoisotopic (exact) mass is 420 g/mol. The fourth-order valence-electron chi connectivity index (χ4n) is 3.71. The first-order valence-corrected chi connectivity index (χ1v) is 10.2. The zero-order valence-corrected chi connectivity index (χ0v) is 17.3. The summed E-state index contributed by atoms with van der Waals surface area (Å²) in [7, 11) is 1.61. The first-order chi connectivity index (χ1) is 15.3. The molecule has 7 nitrogen and oxygen atoms in total. The second-order valence-electron chi connectivity index (χ2n) is 7.18. The van der Waals surface area contributed by atoms with E-state index in [0.717, 1.165) is 48.4 Å². The van der Waals surface area contributed by atoms with Crippen molar-refractivity contribution < 1.29 is 9.13 Å². The van der Waals surface area contributed by atoms with Gasteiger partial charge in [-0.3, -0.25) is 0 Å². The molecule has 4 aromatic rings. The zero-order valence-electron chi connectivity index (χ0n) is 17.3. The Hall–Kier alpha value is -3.52. The number of ether oxygens (including phenoxy) is 1. The lowest BCUT2D eigenvalue weighted by molar-refractivity contribution is 0.370. The van der Waals surface area contributed by atoms with Gasteiger partial charge in [0.2, 0.25) is 5.88 Å². The Kier molecular flexibility index (Phi) is 6.68. The summed E-state index contributed by atoms with van der Waals surface area (Å²) in [5.41, 5.74) is 3.75. The number of halogens is 1. The number of pyridine rings is 1. The second-order valence-corrected chi connectivity index (χ2v) is 7.18. The Labute approximate surface area is 180 Å². The van der Waals surface area contributed by atoms with Crippen LogP contribution in [0, 0.1) is 5.82 Å². The maximum absolute atomic E-state index is 13.4. The topological polar surface area (TPSA) is 80.6 Å². The summed E-state index contributed by atoms with van der Waals surface area (Å²) >= 11 is 0. The van der Waals surface area contributed by atoms with Gasteiger partial charge in [-0.25, -0.2) is 19.3 Å². The standard InChI is InChI=1S/C20H21FN4O.C3H4N2/c1-26-18-12-15(6-11-23-18)20-19(14-2-4-16(21)5-3-14)24-13-25(20)17-7-9-22-10-8-17;1-2-5-3-4-1/h2-6,11-13,17,22H,7-10H2,1H3;1-3H,(H,4,5). The van der Waals surface area contributed by atoms with Gasteiger partial charge in [-0.2, -0.15) is 0 Å². The first kappa shape index (κ1) is 20.7. The van der Waals surface area contributed by atoms with Gasteiger partial charge < -0.3 is 19.6 Å². The van der Waals surface area contributed by atoms with E-state index in [1.165, 1.54) is 12.1 Å². The second kappa shape index (κ2) is 9.99. The molecule has 0 aliphatic carbocycles. The number of imidazole rings is 2. The number of aromatic nitrogens is 5. The van der Waals surface area contributed by atoms with E-state index in [4.69, 9.17) is 4.74 Å². The van der Waals surface area contributed by atoms with Crippen LogP contribution in [-0.2, 0) is 0 Å². The smallest absolute Gasteiger partial charge is 0.213 e. The SMILES string of the molecule is COc1cc(-c2c(-c3ccc(F)cc3)ncn2C2CCNCC2)ccn1.c1c[nH]cn1. The average molecular weight is 420 g/mol. The molecule has 1 aromatic carbocycles. The third-order valence-electron chi connectivity index (χ3n) is 5.24. The van der Waals surface area contributed by atoms with Crippen molar-refractivity contribution in [3.8, 4) is 28.4 Å². The van der Waals surface area contributed by atoms with E-state index in [-0.39, 0.29) is 5.82 Å². The highest BCUT2D eigenvalue weighted by Crippen LogP contribution is 2.36. The molecule has 1 aliphatic heterocycles. The molecule has 5 rings (SSSR count). The number of rotatable bonds is 4. The van der Waals surface area contributed by atoms with Crippen molar-refractivity contribution in [2.45, 2.75) is 18.9 Å². The van der Waals surface area contributed by atoms with Crippen molar-refractivity contribution in [2.24, 2.45) is 0 Å². The van der Waals surface area contributed by atoms with Crippen LogP contribution in [0.4, 0.5) is 4.39 Å². The largest absolute Gasteiger partial charge is 0.481 e. The van der Waals surface area contributed by atoms with Crippen LogP contribution in [-0.4, -0.2) is 44.7 Å². The van der Waals surface area contributed by atoms with Crippen LogP contribution in [0.25, 0.3) is 22.5 Å². The van der Waals surface area contributed by atoms with Crippen LogP contribution in [0.15, 0.2) is 67.6 Å². The molecule has 1 aliphatic rings. The van der Waals surface area contributed by atoms with Gasteiger partial charge in [0.15, 0.2) is 0 Å². The average Bonchev–Trinajstić information content (AvgIpc) is 3.54. The molecule has 0 atom stereocenters. The van der Waals surface area contributed by atoms with Crippen LogP contribution < -0.4 is 10.1 Å². The van der Waals surface area contributed by atoms with E-state index in [1.807, 2.05) is 18.5 Å². The maximum Gasteiger partial charge on any atom is 0.213 e. The Morgan fingerprint density at radius 2 is 1.84 bits per heavy atom. The molecule has 31 heavy (non-hydrogen) atoms. The maximum atomic E-state index is 13.4. The van der Waals surface area contributed by atoms with Crippen molar-refractivity contribution in [3.05, 3.63) is 73.5 Å². The number of methoxy groups -OCH3 is 1. The third-order valence-corrected chi connectivity index (χ3v) is 5.24. The molecule has 1 fully saturated rings. The molecule has 3 aromatic heterocycles. The summed E-state index contributed by atoms with van der Waals surface area (Å²) in [6, 6.07) is 10.7. The molecule has 0 unspecified atom stereocenters. The van der Waals surface area contributed by atoms with Gasteiger partial charge in [-0.15, -0.1) is 0 Å². The molecule has 8 heteroatoms. The highest BCUT2D eigenvalue weighted by Gasteiger charge is 2.22. The van der Waals surface area contributed by atoms with Gasteiger partial charge in [0.1, 0.15) is 5.82 Å². The molecule has 0 amide bonds. The van der Waals surface area contributed by atoms with E-state index >= 15 is 0 Å². The summed E-state index contributed by atoms with van der Waals surface area (Å²) in [4.78, 5) is 15.3. The Morgan fingerprint density at radius 1 is 1.03 bits per heavy atom. The summed E-state index contributed by atoms with van der Waals surface area (Å²) in [6.45, 7) is 1.99. The molecule has 0 saturated carbocycles. The number of hydrogen-bond donors (Lipinski definition) is 2. The Balaban J connectivity index is 0.000000407. The molecule has 0 bridgehead atoms. The van der Waals surface area contributed by atoms with Crippen molar-refractivity contribution in [1.29, 1.82) is 0 Å². The lowest BCUT2D eigenvalue weighted by Gasteiger charge is -2.26. The highest BCUT2D eigenvalue weighted by molar-refractivity contribution is 5.79. The van der Waals surface area contributed by atoms with Crippen molar-refractivity contribution in [1.82, 2.24) is 29.8 Å². The van der Waals surface area contributed by atoms with E-state index in [9.17, 15) is 4.39 Å². The molecule has 2 N–H and O–H groups in total.